The lowest BCUT2D eigenvalue weighted by molar-refractivity contribution is -0.268. The van der Waals surface area contributed by atoms with Gasteiger partial charge in [-0.3, -0.25) is 9.59 Å². The van der Waals surface area contributed by atoms with Crippen molar-refractivity contribution in [3.8, 4) is 11.1 Å². The molecule has 48 heavy (non-hydrogen) atoms. The van der Waals surface area contributed by atoms with E-state index in [0.29, 0.717) is 25.3 Å². The van der Waals surface area contributed by atoms with Crippen LogP contribution in [-0.4, -0.2) is 55.5 Å². The van der Waals surface area contributed by atoms with Gasteiger partial charge in [0.1, 0.15) is 0 Å². The van der Waals surface area contributed by atoms with Crippen molar-refractivity contribution in [1.29, 1.82) is 0 Å². The molecule has 1 aromatic heterocycles. The fourth-order valence-electron chi connectivity index (χ4n) is 5.64. The Kier molecular flexibility index (Phi) is 12.7. The first-order valence-corrected chi connectivity index (χ1v) is 17.4. The van der Waals surface area contributed by atoms with Gasteiger partial charge in [-0.25, -0.2) is 4.68 Å². The maximum Gasteiger partial charge on any atom is 0.220 e. The van der Waals surface area contributed by atoms with E-state index in [9.17, 15) is 14.7 Å². The van der Waals surface area contributed by atoms with Crippen LogP contribution >= 0.6 is 11.8 Å². The Labute approximate surface area is 285 Å². The molecule has 11 nitrogen and oxygen atoms in total. The second kappa shape index (κ2) is 17.3. The molecular formula is C36H44N6O5S. The molecule has 0 spiro atoms. The first-order chi connectivity index (χ1) is 23.3. The lowest BCUT2D eigenvalue weighted by atomic mass is 9.91. The number of aliphatic hydroxyl groups is 1. The molecule has 1 fully saturated rings. The zero-order valence-electron chi connectivity index (χ0n) is 27.7. The standard InChI is InChI=1S/C36H44N6O5S/c1-24-32(23-48-36-39-40-41-42(36)3)46-35(47-34(24)29-13-11-26(22-43)12-14-29)30-17-15-28(16-18-30)31-9-7-8-27(20-31)21-38-33(45)10-5-4-6-19-37-25(2)44/h7-9,11-18,20,24,32,34-35,43H,4-6,10,19,21-23H2,1-3H3,(H,37,44)(H,38,45)/t24-,32+,34+,35+/m0/s1. The molecule has 5 rings (SSSR count). The minimum absolute atomic E-state index is 0.00891. The van der Waals surface area contributed by atoms with Crippen molar-refractivity contribution in [2.45, 2.75) is 76.3 Å². The molecule has 254 valence electrons. The second-order valence-corrected chi connectivity index (χ2v) is 13.1. The van der Waals surface area contributed by atoms with Crippen molar-refractivity contribution in [1.82, 2.24) is 30.8 Å². The Bertz CT molecular complexity index is 1630. The predicted octanol–water partition coefficient (Wildman–Crippen LogP) is 5.27. The van der Waals surface area contributed by atoms with E-state index in [4.69, 9.17) is 9.47 Å². The summed E-state index contributed by atoms with van der Waals surface area (Å²) < 4.78 is 14.8. The molecular weight excluding hydrogens is 629 g/mol. The van der Waals surface area contributed by atoms with E-state index in [1.807, 2.05) is 55.6 Å². The highest BCUT2D eigenvalue weighted by Crippen LogP contribution is 2.43. The fourth-order valence-corrected chi connectivity index (χ4v) is 6.66. The van der Waals surface area contributed by atoms with Crippen molar-refractivity contribution >= 4 is 23.6 Å². The number of hydrogen-bond donors (Lipinski definition) is 3. The van der Waals surface area contributed by atoms with Gasteiger partial charge in [0.05, 0.1) is 18.8 Å². The van der Waals surface area contributed by atoms with Gasteiger partial charge in [0.2, 0.25) is 17.0 Å². The third-order valence-corrected chi connectivity index (χ3v) is 9.57. The van der Waals surface area contributed by atoms with E-state index in [1.54, 1.807) is 16.4 Å². The predicted molar refractivity (Wildman–Crippen MR) is 183 cm³/mol. The maximum absolute atomic E-state index is 12.4. The highest BCUT2D eigenvalue weighted by Gasteiger charge is 2.38. The summed E-state index contributed by atoms with van der Waals surface area (Å²) in [7, 11) is 1.82. The number of rotatable bonds is 15. The normalized spacial score (nSPS) is 19.2. The Morgan fingerprint density at radius 3 is 2.40 bits per heavy atom. The summed E-state index contributed by atoms with van der Waals surface area (Å²) in [6.07, 6.45) is 2.10. The summed E-state index contributed by atoms with van der Waals surface area (Å²) >= 11 is 1.55. The number of unbranched alkanes of at least 4 members (excludes halogenated alkanes) is 2. The maximum atomic E-state index is 12.4. The monoisotopic (exact) mass is 672 g/mol. The number of carbonyl (C=O) groups is 2. The summed E-state index contributed by atoms with van der Waals surface area (Å²) in [6, 6.07) is 24.3. The molecule has 0 unspecified atom stereocenters. The zero-order valence-corrected chi connectivity index (χ0v) is 28.5. The Hall–Kier alpha value is -4.10. The number of aryl methyl sites for hydroxylation is 1. The Morgan fingerprint density at radius 1 is 0.917 bits per heavy atom. The molecule has 2 amide bonds. The average molecular weight is 673 g/mol. The van der Waals surface area contributed by atoms with Crippen LogP contribution in [0.3, 0.4) is 0 Å². The average Bonchev–Trinajstić information content (AvgIpc) is 3.52. The van der Waals surface area contributed by atoms with Crippen molar-refractivity contribution in [3.05, 3.63) is 95.1 Å². The zero-order chi connectivity index (χ0) is 33.9. The number of thioether (sulfide) groups is 1. The Morgan fingerprint density at radius 2 is 1.69 bits per heavy atom. The largest absolute Gasteiger partial charge is 0.392 e. The second-order valence-electron chi connectivity index (χ2n) is 12.1. The van der Waals surface area contributed by atoms with Crippen LogP contribution in [0.25, 0.3) is 11.1 Å². The van der Waals surface area contributed by atoms with E-state index >= 15 is 0 Å². The van der Waals surface area contributed by atoms with Crippen LogP contribution in [0.15, 0.2) is 78.0 Å². The summed E-state index contributed by atoms with van der Waals surface area (Å²) in [6.45, 7) is 4.74. The van der Waals surface area contributed by atoms with Crippen LogP contribution in [0.5, 0.6) is 0 Å². The topological polar surface area (TPSA) is 140 Å². The summed E-state index contributed by atoms with van der Waals surface area (Å²) in [5, 5.41) is 27.9. The fraction of sp³-hybridized carbons (Fsp3) is 0.417. The molecule has 0 saturated carbocycles. The number of ether oxygens (including phenoxy) is 2. The number of nitrogens with one attached hydrogen (secondary N) is 2. The first-order valence-electron chi connectivity index (χ1n) is 16.4. The number of aliphatic hydroxyl groups excluding tert-OH is 1. The van der Waals surface area contributed by atoms with Crippen LogP contribution < -0.4 is 10.6 Å². The summed E-state index contributed by atoms with van der Waals surface area (Å²) in [5.41, 5.74) is 5.93. The molecule has 1 aliphatic rings. The van der Waals surface area contributed by atoms with Crippen molar-refractivity contribution in [3.63, 3.8) is 0 Å². The first kappa shape index (κ1) is 35.2. The van der Waals surface area contributed by atoms with Gasteiger partial charge in [-0.2, -0.15) is 0 Å². The number of benzene rings is 3. The van der Waals surface area contributed by atoms with Gasteiger partial charge in [0.15, 0.2) is 6.29 Å². The minimum atomic E-state index is -0.576. The van der Waals surface area contributed by atoms with E-state index in [2.05, 4.69) is 57.3 Å². The van der Waals surface area contributed by atoms with Gasteiger partial charge in [-0.15, -0.1) is 5.10 Å². The van der Waals surface area contributed by atoms with Crippen LogP contribution in [-0.2, 0) is 39.3 Å². The molecule has 3 aromatic carbocycles. The van der Waals surface area contributed by atoms with Gasteiger partial charge >= 0.3 is 0 Å². The van der Waals surface area contributed by atoms with Crippen LogP contribution in [0.2, 0.25) is 0 Å². The van der Waals surface area contributed by atoms with Gasteiger partial charge < -0.3 is 25.2 Å². The molecule has 12 heteroatoms. The number of tetrazole rings is 1. The van der Waals surface area contributed by atoms with Crippen LogP contribution in [0.4, 0.5) is 0 Å². The molecule has 0 radical (unpaired) electrons. The van der Waals surface area contributed by atoms with Crippen LogP contribution in [0, 0.1) is 5.92 Å². The highest BCUT2D eigenvalue weighted by molar-refractivity contribution is 7.99. The third-order valence-electron chi connectivity index (χ3n) is 8.47. The minimum Gasteiger partial charge on any atom is -0.392 e. The SMILES string of the molecule is CC(=O)NCCCCCC(=O)NCc1cccc(-c2ccc([C@@H]3O[C@H](CSc4nnnn4C)[C@H](C)[C@H](c4ccc(CO)cc4)O3)cc2)c1. The molecule has 2 heterocycles. The summed E-state index contributed by atoms with van der Waals surface area (Å²) in [5.74, 6) is 0.702. The van der Waals surface area contributed by atoms with E-state index in [0.717, 1.165) is 57.8 Å². The highest BCUT2D eigenvalue weighted by atomic mass is 32.2. The number of hydrogen-bond acceptors (Lipinski definition) is 9. The molecule has 4 aromatic rings. The van der Waals surface area contributed by atoms with Gasteiger partial charge in [0, 0.05) is 50.7 Å². The lowest BCUT2D eigenvalue weighted by Gasteiger charge is -2.41. The molecule has 4 atom stereocenters. The van der Waals surface area contributed by atoms with Crippen molar-refractivity contribution in [2.24, 2.45) is 13.0 Å². The molecule has 0 bridgehead atoms. The van der Waals surface area contributed by atoms with Gasteiger partial charge in [-0.05, 0) is 57.2 Å². The van der Waals surface area contributed by atoms with Crippen molar-refractivity contribution in [2.75, 3.05) is 12.3 Å². The number of aromatic nitrogens is 4. The van der Waals surface area contributed by atoms with Gasteiger partial charge in [0.25, 0.3) is 0 Å². The number of carbonyl (C=O) groups excluding carboxylic acids is 2. The van der Waals surface area contributed by atoms with Crippen molar-refractivity contribution < 1.29 is 24.2 Å². The Balaban J connectivity index is 1.22. The van der Waals surface area contributed by atoms with Gasteiger partial charge in [-0.1, -0.05) is 91.8 Å². The number of nitrogens with zero attached hydrogens (tertiary/aromatic N) is 4. The van der Waals surface area contributed by atoms with E-state index in [-0.39, 0.29) is 36.5 Å². The lowest BCUT2D eigenvalue weighted by Crippen LogP contribution is -2.38. The third kappa shape index (κ3) is 9.72. The van der Waals surface area contributed by atoms with Crippen LogP contribution in [0.1, 0.15) is 74.2 Å². The van der Waals surface area contributed by atoms with E-state index in [1.165, 1.54) is 6.92 Å². The summed E-state index contributed by atoms with van der Waals surface area (Å²) in [4.78, 5) is 23.3. The quantitative estimate of drug-likeness (QED) is 0.114. The number of amides is 2. The molecule has 1 saturated heterocycles. The molecule has 3 N–H and O–H groups in total. The smallest absolute Gasteiger partial charge is 0.220 e. The molecule has 1 aliphatic heterocycles. The van der Waals surface area contributed by atoms with E-state index < -0.39 is 6.29 Å². The molecule has 0 aliphatic carbocycles.